The van der Waals surface area contributed by atoms with E-state index in [0.717, 1.165) is 49.8 Å². The number of fused-ring (bicyclic) bond motifs is 9. The number of para-hydroxylation sites is 3. The summed E-state index contributed by atoms with van der Waals surface area (Å²) in [5.41, 5.74) is 17.2. The number of nitriles is 1. The van der Waals surface area contributed by atoms with Crippen molar-refractivity contribution < 1.29 is 0 Å². The van der Waals surface area contributed by atoms with Gasteiger partial charge in [0.1, 0.15) is 0 Å². The molecule has 0 saturated heterocycles. The van der Waals surface area contributed by atoms with Crippen LogP contribution < -0.4 is 21.3 Å². The minimum absolute atomic E-state index is 0.0104. The molecule has 2 heterocycles. The average molecular weight is 691 g/mol. The average Bonchev–Trinajstić information content (AvgIpc) is 3.65. The SMILES string of the molecule is [C-]#[N+]c1c(-n2c3ccccc3c3ccc4c(c32)C(C)(C)c2ccccc2-4)ccc(C#N)c1N1c2ccccc2B(c2c(C)cccc2C)c2ccccc21. The van der Waals surface area contributed by atoms with E-state index in [9.17, 15) is 5.26 Å². The second-order valence-corrected chi connectivity index (χ2v) is 15.2. The highest BCUT2D eigenvalue weighted by molar-refractivity contribution is 6.98. The zero-order valence-electron chi connectivity index (χ0n) is 30.6. The predicted molar refractivity (Wildman–Crippen MR) is 225 cm³/mol. The fourth-order valence-corrected chi connectivity index (χ4v) is 9.74. The lowest BCUT2D eigenvalue weighted by Crippen LogP contribution is -2.58. The van der Waals surface area contributed by atoms with Crippen molar-refractivity contribution in [3.05, 3.63) is 179 Å². The molecule has 2 aliphatic rings. The molecule has 0 spiro atoms. The van der Waals surface area contributed by atoms with Crippen molar-refractivity contribution in [2.45, 2.75) is 33.1 Å². The number of hydrogen-bond donors (Lipinski definition) is 0. The summed E-state index contributed by atoms with van der Waals surface area (Å²) in [4.78, 5) is 6.56. The van der Waals surface area contributed by atoms with E-state index in [2.05, 4.69) is 175 Å². The fourth-order valence-electron chi connectivity index (χ4n) is 9.74. The highest BCUT2D eigenvalue weighted by Gasteiger charge is 2.40. The molecule has 5 heteroatoms. The van der Waals surface area contributed by atoms with Gasteiger partial charge in [0.2, 0.25) is 12.4 Å². The van der Waals surface area contributed by atoms with Gasteiger partial charge < -0.3 is 9.47 Å². The molecular formula is C49H35BN4. The van der Waals surface area contributed by atoms with Crippen molar-refractivity contribution in [3.8, 4) is 22.9 Å². The summed E-state index contributed by atoms with van der Waals surface area (Å²) in [6.07, 6.45) is 0. The van der Waals surface area contributed by atoms with E-state index in [-0.39, 0.29) is 12.1 Å². The van der Waals surface area contributed by atoms with E-state index in [0.29, 0.717) is 16.9 Å². The Morgan fingerprint density at radius 1 is 0.648 bits per heavy atom. The molecule has 0 bridgehead atoms. The van der Waals surface area contributed by atoms with Crippen molar-refractivity contribution in [1.29, 1.82) is 5.26 Å². The van der Waals surface area contributed by atoms with E-state index < -0.39 is 0 Å². The first-order valence-corrected chi connectivity index (χ1v) is 18.5. The van der Waals surface area contributed by atoms with E-state index in [4.69, 9.17) is 6.57 Å². The number of aryl methyl sites for hydroxylation is 2. The van der Waals surface area contributed by atoms with Gasteiger partial charge in [0, 0.05) is 27.6 Å². The first-order chi connectivity index (χ1) is 26.3. The Kier molecular flexibility index (Phi) is 6.85. The topological polar surface area (TPSA) is 36.3 Å². The maximum atomic E-state index is 10.8. The van der Waals surface area contributed by atoms with Crippen LogP contribution in [0.5, 0.6) is 0 Å². The molecule has 4 nitrogen and oxygen atoms in total. The van der Waals surface area contributed by atoms with Gasteiger partial charge in [-0.1, -0.05) is 140 Å². The fraction of sp³-hybridized carbons (Fsp3) is 0.102. The molecule has 0 atom stereocenters. The van der Waals surface area contributed by atoms with Gasteiger partial charge in [0.25, 0.3) is 0 Å². The van der Waals surface area contributed by atoms with Gasteiger partial charge in [-0.25, -0.2) is 4.85 Å². The Morgan fingerprint density at radius 2 is 1.30 bits per heavy atom. The van der Waals surface area contributed by atoms with E-state index >= 15 is 0 Å². The highest BCUT2D eigenvalue weighted by atomic mass is 15.2. The Hall–Kier alpha value is -6.82. The zero-order chi connectivity index (χ0) is 36.9. The number of benzene rings is 7. The lowest BCUT2D eigenvalue weighted by Gasteiger charge is -2.38. The van der Waals surface area contributed by atoms with Gasteiger partial charge >= 0.3 is 0 Å². The summed E-state index contributed by atoms with van der Waals surface area (Å²) in [7, 11) is 0. The molecule has 0 unspecified atom stereocenters. The largest absolute Gasteiger partial charge is 0.320 e. The van der Waals surface area contributed by atoms with Crippen LogP contribution in [0.15, 0.2) is 140 Å². The molecular weight excluding hydrogens is 655 g/mol. The van der Waals surface area contributed by atoms with Crippen LogP contribution >= 0.6 is 0 Å². The van der Waals surface area contributed by atoms with Crippen LogP contribution in [0.3, 0.4) is 0 Å². The standard InChI is InChI=1S/C49H35BN4/c1-30-15-14-16-31(2)45(30)50-38-20-9-12-23-41(38)54(42-24-13-10-21-39(42)50)47-32(29-51)25-28-43(46(47)52-5)53-40-22-11-7-18-34(40)36-27-26-35-33-17-6-8-19-37(33)49(3,4)44(35)48(36)53/h6-28H,1-4H3. The number of anilines is 3. The molecule has 0 N–H and O–H groups in total. The van der Waals surface area contributed by atoms with Gasteiger partial charge in [-0.3, -0.25) is 0 Å². The van der Waals surface area contributed by atoms with Crippen molar-refractivity contribution in [1.82, 2.24) is 4.57 Å². The molecule has 1 aliphatic heterocycles. The molecule has 8 aromatic rings. The lowest BCUT2D eigenvalue weighted by atomic mass is 9.34. The summed E-state index contributed by atoms with van der Waals surface area (Å²) in [6, 6.07) is 51.7. The van der Waals surface area contributed by atoms with Crippen molar-refractivity contribution in [2.75, 3.05) is 4.90 Å². The Bertz CT molecular complexity index is 2920. The van der Waals surface area contributed by atoms with E-state index in [1.165, 1.54) is 38.8 Å². The summed E-state index contributed by atoms with van der Waals surface area (Å²) in [6.45, 7) is 17.9. The molecule has 0 radical (unpaired) electrons. The van der Waals surface area contributed by atoms with Crippen molar-refractivity contribution in [3.63, 3.8) is 0 Å². The maximum Gasteiger partial charge on any atom is 0.247 e. The summed E-state index contributed by atoms with van der Waals surface area (Å²) in [5.74, 6) is 0. The zero-order valence-corrected chi connectivity index (χ0v) is 30.6. The van der Waals surface area contributed by atoms with E-state index in [1.54, 1.807) is 0 Å². The van der Waals surface area contributed by atoms with Gasteiger partial charge in [-0.15, -0.1) is 0 Å². The molecule has 1 aliphatic carbocycles. The molecule has 0 saturated carbocycles. The molecule has 10 rings (SSSR count). The Labute approximate surface area is 316 Å². The number of aromatic nitrogens is 1. The second kappa shape index (κ2) is 11.6. The molecule has 1 aromatic heterocycles. The molecule has 54 heavy (non-hydrogen) atoms. The van der Waals surface area contributed by atoms with Crippen molar-refractivity contribution >= 4 is 67.7 Å². The van der Waals surface area contributed by atoms with Gasteiger partial charge in [0.15, 0.2) is 0 Å². The van der Waals surface area contributed by atoms with Crippen LogP contribution in [0, 0.1) is 31.8 Å². The molecule has 0 fully saturated rings. The quantitative estimate of drug-likeness (QED) is 0.137. The monoisotopic (exact) mass is 690 g/mol. The van der Waals surface area contributed by atoms with E-state index in [1.807, 2.05) is 12.1 Å². The van der Waals surface area contributed by atoms with Crippen LogP contribution in [0.2, 0.25) is 0 Å². The van der Waals surface area contributed by atoms with Crippen LogP contribution in [0.1, 0.15) is 41.7 Å². The third-order valence-corrected chi connectivity index (χ3v) is 12.0. The third kappa shape index (κ3) is 4.19. The third-order valence-electron chi connectivity index (χ3n) is 12.0. The number of hydrogen-bond acceptors (Lipinski definition) is 2. The normalized spacial score (nSPS) is 13.6. The van der Waals surface area contributed by atoms with Crippen LogP contribution in [0.4, 0.5) is 22.7 Å². The number of rotatable bonds is 3. The summed E-state index contributed by atoms with van der Waals surface area (Å²) >= 11 is 0. The van der Waals surface area contributed by atoms with Crippen LogP contribution in [-0.4, -0.2) is 11.3 Å². The minimum atomic E-state index is -0.279. The van der Waals surface area contributed by atoms with Crippen LogP contribution in [-0.2, 0) is 5.41 Å². The number of nitrogens with zero attached hydrogens (tertiary/aromatic N) is 4. The molecule has 254 valence electrons. The Morgan fingerprint density at radius 3 is 2.00 bits per heavy atom. The second-order valence-electron chi connectivity index (χ2n) is 15.2. The molecule has 0 amide bonds. The first kappa shape index (κ1) is 31.9. The molecule has 7 aromatic carbocycles. The highest BCUT2D eigenvalue weighted by Crippen LogP contribution is 2.54. The lowest BCUT2D eigenvalue weighted by molar-refractivity contribution is 0.664. The van der Waals surface area contributed by atoms with Gasteiger partial charge in [-0.05, 0) is 77.4 Å². The first-order valence-electron chi connectivity index (χ1n) is 18.5. The summed E-state index contributed by atoms with van der Waals surface area (Å²) in [5, 5.41) is 13.1. The smallest absolute Gasteiger partial charge is 0.247 e. The predicted octanol–water partition coefficient (Wildman–Crippen LogP) is 10.4. The maximum absolute atomic E-state index is 10.8. The summed E-state index contributed by atoms with van der Waals surface area (Å²) < 4.78 is 2.30. The van der Waals surface area contributed by atoms with Gasteiger partial charge in [0.05, 0.1) is 40.6 Å². The van der Waals surface area contributed by atoms with Crippen molar-refractivity contribution in [2.24, 2.45) is 0 Å². The Balaban J connectivity index is 1.31. The van der Waals surface area contributed by atoms with Gasteiger partial charge in [-0.2, -0.15) is 5.26 Å². The van der Waals surface area contributed by atoms with Crippen LogP contribution in [0.25, 0.3) is 43.5 Å². The minimum Gasteiger partial charge on any atom is -0.320 e.